The first-order valence-corrected chi connectivity index (χ1v) is 10.4. The molecule has 174 valence electrons. The van der Waals surface area contributed by atoms with E-state index >= 15 is 0 Å². The molecular weight excluding hydrogens is 434 g/mol. The minimum absolute atomic E-state index is 0.215. The molecule has 0 N–H and O–H groups in total. The van der Waals surface area contributed by atoms with Gasteiger partial charge in [0, 0.05) is 13.8 Å². The molecule has 2 saturated heterocycles. The SMILES string of the molecule is CCOC(=O)c1ccc(N2C(=O)C3C(C2=O)C2(C(OC(C)=O)OC(C)=O)C=CC3(C)O2)cc1. The van der Waals surface area contributed by atoms with Crippen LogP contribution in [0, 0.1) is 11.8 Å². The fraction of sp³-hybridized carbons (Fsp3) is 0.435. The van der Waals surface area contributed by atoms with Crippen molar-refractivity contribution in [2.45, 2.75) is 45.2 Å². The van der Waals surface area contributed by atoms with Crippen molar-refractivity contribution in [2.75, 3.05) is 11.5 Å². The van der Waals surface area contributed by atoms with Crippen molar-refractivity contribution in [3.8, 4) is 0 Å². The van der Waals surface area contributed by atoms with Crippen molar-refractivity contribution >= 4 is 35.4 Å². The van der Waals surface area contributed by atoms with Gasteiger partial charge in [0.1, 0.15) is 0 Å². The first-order valence-electron chi connectivity index (χ1n) is 10.4. The molecule has 2 amide bonds. The number of hydrogen-bond donors (Lipinski definition) is 0. The summed E-state index contributed by atoms with van der Waals surface area (Å²) >= 11 is 0. The summed E-state index contributed by atoms with van der Waals surface area (Å²) in [5.41, 5.74) is -2.28. The van der Waals surface area contributed by atoms with Gasteiger partial charge in [-0.1, -0.05) is 6.08 Å². The Morgan fingerprint density at radius 3 is 2.12 bits per heavy atom. The molecule has 4 rings (SSSR count). The second-order valence-corrected chi connectivity index (χ2v) is 8.26. The van der Waals surface area contributed by atoms with Crippen LogP contribution in [0.2, 0.25) is 0 Å². The zero-order valence-corrected chi connectivity index (χ0v) is 18.5. The number of esters is 3. The molecule has 4 atom stereocenters. The Morgan fingerprint density at radius 1 is 1.00 bits per heavy atom. The van der Waals surface area contributed by atoms with Crippen LogP contribution in [0.25, 0.3) is 0 Å². The third-order valence-electron chi connectivity index (χ3n) is 6.03. The van der Waals surface area contributed by atoms with Gasteiger partial charge in [-0.3, -0.25) is 19.2 Å². The summed E-state index contributed by atoms with van der Waals surface area (Å²) in [6, 6.07) is 5.88. The smallest absolute Gasteiger partial charge is 0.338 e. The van der Waals surface area contributed by atoms with Gasteiger partial charge >= 0.3 is 17.9 Å². The summed E-state index contributed by atoms with van der Waals surface area (Å²) in [5, 5.41) is 0. The topological polar surface area (TPSA) is 126 Å². The van der Waals surface area contributed by atoms with Crippen molar-refractivity contribution < 1.29 is 42.9 Å². The van der Waals surface area contributed by atoms with Gasteiger partial charge in [-0.05, 0) is 44.2 Å². The zero-order chi connectivity index (χ0) is 24.1. The highest BCUT2D eigenvalue weighted by Gasteiger charge is 2.75. The van der Waals surface area contributed by atoms with Crippen molar-refractivity contribution in [2.24, 2.45) is 11.8 Å². The maximum atomic E-state index is 13.6. The Balaban J connectivity index is 1.71. The van der Waals surface area contributed by atoms with E-state index in [2.05, 4.69) is 0 Å². The number of benzene rings is 1. The number of ether oxygens (including phenoxy) is 4. The molecule has 3 heterocycles. The average molecular weight is 457 g/mol. The summed E-state index contributed by atoms with van der Waals surface area (Å²) in [4.78, 5) is 63.3. The highest BCUT2D eigenvalue weighted by molar-refractivity contribution is 6.23. The van der Waals surface area contributed by atoms with Crippen LogP contribution in [0.3, 0.4) is 0 Å². The highest BCUT2D eigenvalue weighted by Crippen LogP contribution is 2.59. The van der Waals surface area contributed by atoms with E-state index in [4.69, 9.17) is 18.9 Å². The molecular formula is C23H23NO9. The van der Waals surface area contributed by atoms with Crippen molar-refractivity contribution in [1.82, 2.24) is 0 Å². The first-order chi connectivity index (χ1) is 15.5. The van der Waals surface area contributed by atoms with Crippen molar-refractivity contribution in [3.63, 3.8) is 0 Å². The van der Waals surface area contributed by atoms with Crippen molar-refractivity contribution in [3.05, 3.63) is 42.0 Å². The van der Waals surface area contributed by atoms with E-state index in [9.17, 15) is 24.0 Å². The number of rotatable bonds is 6. The molecule has 3 aliphatic heterocycles. The molecule has 10 heteroatoms. The van der Waals surface area contributed by atoms with Crippen LogP contribution < -0.4 is 4.90 Å². The number of anilines is 1. The summed E-state index contributed by atoms with van der Waals surface area (Å²) < 4.78 is 21.5. The largest absolute Gasteiger partial charge is 0.462 e. The van der Waals surface area contributed by atoms with Crippen LogP contribution in [-0.4, -0.2) is 53.8 Å². The summed E-state index contributed by atoms with van der Waals surface area (Å²) in [7, 11) is 0. The predicted molar refractivity (Wildman–Crippen MR) is 111 cm³/mol. The van der Waals surface area contributed by atoms with E-state index in [1.165, 1.54) is 30.3 Å². The van der Waals surface area contributed by atoms with Gasteiger partial charge in [-0.25, -0.2) is 9.69 Å². The molecule has 2 fully saturated rings. The number of hydrogen-bond acceptors (Lipinski definition) is 9. The van der Waals surface area contributed by atoms with Gasteiger partial charge < -0.3 is 18.9 Å². The van der Waals surface area contributed by atoms with Gasteiger partial charge in [-0.2, -0.15) is 0 Å². The Morgan fingerprint density at radius 2 is 1.58 bits per heavy atom. The molecule has 4 unspecified atom stereocenters. The molecule has 1 aromatic carbocycles. The van der Waals surface area contributed by atoms with Crippen LogP contribution in [0.4, 0.5) is 5.69 Å². The average Bonchev–Trinajstić information content (AvgIpc) is 3.33. The predicted octanol–water partition coefficient (Wildman–Crippen LogP) is 1.52. The molecule has 0 spiro atoms. The van der Waals surface area contributed by atoms with E-state index in [0.717, 1.165) is 18.7 Å². The third kappa shape index (κ3) is 3.41. The molecule has 0 saturated carbocycles. The molecule has 2 bridgehead atoms. The van der Waals surface area contributed by atoms with Gasteiger partial charge in [0.15, 0.2) is 5.60 Å². The maximum Gasteiger partial charge on any atom is 0.338 e. The van der Waals surface area contributed by atoms with Crippen LogP contribution in [0.1, 0.15) is 38.1 Å². The zero-order valence-electron chi connectivity index (χ0n) is 18.5. The lowest BCUT2D eigenvalue weighted by atomic mass is 9.72. The maximum absolute atomic E-state index is 13.6. The van der Waals surface area contributed by atoms with E-state index in [1.54, 1.807) is 19.9 Å². The number of carbonyl (C=O) groups excluding carboxylic acids is 5. The lowest BCUT2D eigenvalue weighted by molar-refractivity contribution is -0.231. The van der Waals surface area contributed by atoms with E-state index in [-0.39, 0.29) is 17.9 Å². The van der Waals surface area contributed by atoms with E-state index in [1.807, 2.05) is 0 Å². The highest BCUT2D eigenvalue weighted by atomic mass is 16.7. The number of fused-ring (bicyclic) bond motifs is 5. The fourth-order valence-electron chi connectivity index (χ4n) is 4.78. The Labute approximate surface area is 189 Å². The number of nitrogens with zero attached hydrogens (tertiary/aromatic N) is 1. The fourth-order valence-corrected chi connectivity index (χ4v) is 4.78. The van der Waals surface area contributed by atoms with Gasteiger partial charge in [0.2, 0.25) is 11.8 Å². The van der Waals surface area contributed by atoms with Gasteiger partial charge in [-0.15, -0.1) is 0 Å². The monoisotopic (exact) mass is 457 g/mol. The minimum atomic E-state index is -1.65. The second kappa shape index (κ2) is 7.80. The standard InChI is InChI=1S/C23H23NO9/c1-5-30-20(29)14-6-8-15(9-7-14)24-18(27)16-17(19(24)28)23(11-10-22(16,4)33-23)21(31-12(2)25)32-13(3)26/h6-11,16-17,21H,5H2,1-4H3. The number of carbonyl (C=O) groups is 5. The molecule has 0 aliphatic carbocycles. The summed E-state index contributed by atoms with van der Waals surface area (Å²) in [6.45, 7) is 5.82. The molecule has 10 nitrogen and oxygen atoms in total. The lowest BCUT2D eigenvalue weighted by Crippen LogP contribution is -2.52. The molecule has 0 radical (unpaired) electrons. The van der Waals surface area contributed by atoms with Gasteiger partial charge in [0.05, 0.1) is 35.3 Å². The number of imide groups is 1. The Hall–Kier alpha value is -3.53. The summed E-state index contributed by atoms with van der Waals surface area (Å²) in [5.74, 6) is -5.12. The van der Waals surface area contributed by atoms with Crippen molar-refractivity contribution in [1.29, 1.82) is 0 Å². The Kier molecular flexibility index (Phi) is 5.36. The summed E-state index contributed by atoms with van der Waals surface area (Å²) in [6.07, 6.45) is 1.58. The van der Waals surface area contributed by atoms with Crippen LogP contribution in [0.15, 0.2) is 36.4 Å². The number of amides is 2. The quantitative estimate of drug-likeness (QED) is 0.270. The molecule has 1 aromatic rings. The Bertz CT molecular complexity index is 1060. The third-order valence-corrected chi connectivity index (χ3v) is 6.03. The minimum Gasteiger partial charge on any atom is -0.462 e. The van der Waals surface area contributed by atoms with Crippen LogP contribution in [-0.2, 0) is 38.1 Å². The molecule has 33 heavy (non-hydrogen) atoms. The first kappa shape index (κ1) is 22.7. The van der Waals surface area contributed by atoms with E-state index < -0.39 is 59.1 Å². The van der Waals surface area contributed by atoms with Crippen LogP contribution in [0.5, 0.6) is 0 Å². The lowest BCUT2D eigenvalue weighted by Gasteiger charge is -2.34. The normalized spacial score (nSPS) is 29.4. The van der Waals surface area contributed by atoms with E-state index in [0.29, 0.717) is 0 Å². The van der Waals surface area contributed by atoms with Gasteiger partial charge in [0.25, 0.3) is 6.29 Å². The second-order valence-electron chi connectivity index (χ2n) is 8.26. The molecule has 3 aliphatic rings. The van der Waals surface area contributed by atoms with Crippen LogP contribution >= 0.6 is 0 Å². The molecule has 0 aromatic heterocycles.